The molecular weight excluding hydrogens is 270 g/mol. The minimum Gasteiger partial charge on any atom is -0.357 e. The largest absolute Gasteiger partial charge is 0.357 e. The first-order valence-corrected chi connectivity index (χ1v) is 7.97. The van der Waals surface area contributed by atoms with Crippen molar-refractivity contribution in [1.82, 2.24) is 9.99 Å². The maximum Gasteiger partial charge on any atom is 0.0647 e. The molecule has 1 aliphatic rings. The molecule has 1 aromatic heterocycles. The molecule has 1 aliphatic carbocycles. The van der Waals surface area contributed by atoms with Gasteiger partial charge in [0.05, 0.1) is 6.04 Å². The molecule has 3 N–H and O–H groups in total. The van der Waals surface area contributed by atoms with Crippen LogP contribution < -0.4 is 5.84 Å². The van der Waals surface area contributed by atoms with E-state index in [1.165, 1.54) is 34.1 Å². The van der Waals surface area contributed by atoms with Gasteiger partial charge in [0.25, 0.3) is 0 Å². The zero-order chi connectivity index (χ0) is 14.9. The molecule has 0 aliphatic heterocycles. The summed E-state index contributed by atoms with van der Waals surface area (Å²) in [4.78, 5) is 3.61. The summed E-state index contributed by atoms with van der Waals surface area (Å²) in [5.74, 6) is 6.43. The van der Waals surface area contributed by atoms with Crippen LogP contribution in [0.2, 0.25) is 0 Å². The second-order valence-corrected chi connectivity index (χ2v) is 6.13. The van der Waals surface area contributed by atoms with Crippen LogP contribution in [-0.2, 0) is 13.0 Å². The molecule has 0 fully saturated rings. The summed E-state index contributed by atoms with van der Waals surface area (Å²) < 4.78 is 0. The molecule has 3 nitrogen and oxygen atoms in total. The van der Waals surface area contributed by atoms with Crippen molar-refractivity contribution < 1.29 is 0 Å². The molecule has 0 radical (unpaired) electrons. The highest BCUT2D eigenvalue weighted by Crippen LogP contribution is 2.37. The number of nitrogens with one attached hydrogen (secondary N) is 1. The lowest BCUT2D eigenvalue weighted by atomic mass is 9.91. The van der Waals surface area contributed by atoms with Gasteiger partial charge < -0.3 is 4.98 Å². The summed E-state index contributed by atoms with van der Waals surface area (Å²) in [6, 6.07) is 19.3. The summed E-state index contributed by atoms with van der Waals surface area (Å²) in [7, 11) is 0. The zero-order valence-corrected chi connectivity index (χ0v) is 12.6. The van der Waals surface area contributed by atoms with Crippen molar-refractivity contribution in [3.05, 3.63) is 71.4 Å². The predicted molar refractivity (Wildman–Crippen MR) is 90.2 cm³/mol. The highest BCUT2D eigenvalue weighted by Gasteiger charge is 2.27. The van der Waals surface area contributed by atoms with Crippen LogP contribution >= 0.6 is 0 Å². The summed E-state index contributed by atoms with van der Waals surface area (Å²) in [5, 5.41) is 3.35. The average molecular weight is 291 g/mol. The van der Waals surface area contributed by atoms with E-state index in [4.69, 9.17) is 5.84 Å². The van der Waals surface area contributed by atoms with Crippen LogP contribution in [0.3, 0.4) is 0 Å². The van der Waals surface area contributed by atoms with Crippen LogP contribution in [0.4, 0.5) is 0 Å². The first kappa shape index (κ1) is 13.6. The average Bonchev–Trinajstić information content (AvgIpc) is 2.94. The van der Waals surface area contributed by atoms with E-state index in [1.807, 2.05) is 11.1 Å². The van der Waals surface area contributed by atoms with Crippen molar-refractivity contribution >= 4 is 10.9 Å². The molecule has 2 aromatic carbocycles. The maximum absolute atomic E-state index is 6.43. The van der Waals surface area contributed by atoms with Crippen LogP contribution in [0.5, 0.6) is 0 Å². The fourth-order valence-electron chi connectivity index (χ4n) is 3.63. The number of nitrogens with zero attached hydrogens (tertiary/aromatic N) is 1. The van der Waals surface area contributed by atoms with E-state index in [9.17, 15) is 0 Å². The van der Waals surface area contributed by atoms with Gasteiger partial charge in [-0.05, 0) is 36.5 Å². The highest BCUT2D eigenvalue weighted by atomic mass is 15.4. The smallest absolute Gasteiger partial charge is 0.0647 e. The molecule has 3 heteroatoms. The van der Waals surface area contributed by atoms with Crippen molar-refractivity contribution in [3.63, 3.8) is 0 Å². The summed E-state index contributed by atoms with van der Waals surface area (Å²) in [5.41, 5.74) is 5.25. The molecular formula is C19H21N3. The van der Waals surface area contributed by atoms with E-state index in [2.05, 4.69) is 53.5 Å². The third kappa shape index (κ3) is 2.32. The van der Waals surface area contributed by atoms with Crippen molar-refractivity contribution in [3.8, 4) is 0 Å². The van der Waals surface area contributed by atoms with E-state index in [0.29, 0.717) is 0 Å². The van der Waals surface area contributed by atoms with Crippen LogP contribution in [0, 0.1) is 0 Å². The molecule has 1 atom stereocenters. The van der Waals surface area contributed by atoms with Gasteiger partial charge in [0.1, 0.15) is 0 Å². The Hall–Kier alpha value is -2.10. The summed E-state index contributed by atoms with van der Waals surface area (Å²) in [6.07, 6.45) is 3.46. The Kier molecular flexibility index (Phi) is 3.45. The van der Waals surface area contributed by atoms with E-state index >= 15 is 0 Å². The number of para-hydroxylation sites is 1. The van der Waals surface area contributed by atoms with Crippen molar-refractivity contribution in [1.29, 1.82) is 0 Å². The van der Waals surface area contributed by atoms with Crippen LogP contribution in [0.25, 0.3) is 10.9 Å². The third-order valence-corrected chi connectivity index (χ3v) is 4.69. The predicted octanol–water partition coefficient (Wildman–Crippen LogP) is 3.92. The number of aromatic nitrogens is 1. The number of hydrogen-bond donors (Lipinski definition) is 2. The second kappa shape index (κ2) is 5.59. The lowest BCUT2D eigenvalue weighted by Crippen LogP contribution is -2.36. The number of aryl methyl sites for hydroxylation is 1. The van der Waals surface area contributed by atoms with Gasteiger partial charge >= 0.3 is 0 Å². The highest BCUT2D eigenvalue weighted by molar-refractivity contribution is 5.85. The van der Waals surface area contributed by atoms with Gasteiger partial charge in [0.2, 0.25) is 0 Å². The Morgan fingerprint density at radius 1 is 1.05 bits per heavy atom. The molecule has 1 unspecified atom stereocenters. The Balaban J connectivity index is 1.67. The SMILES string of the molecule is NN(Cc1ccccc1)C1CCCc2c1[nH]c1ccccc21. The molecule has 3 aromatic rings. The standard InChI is InChI=1S/C19H21N3/c20-22(13-14-7-2-1-3-8-14)18-12-6-10-16-15-9-4-5-11-17(15)21-19(16)18/h1-5,7-9,11,18,21H,6,10,12-13,20H2. The molecule has 0 spiro atoms. The Morgan fingerprint density at radius 3 is 2.68 bits per heavy atom. The van der Waals surface area contributed by atoms with Gasteiger partial charge in [-0.3, -0.25) is 5.84 Å². The second-order valence-electron chi connectivity index (χ2n) is 6.13. The monoisotopic (exact) mass is 291 g/mol. The Morgan fingerprint density at radius 2 is 1.82 bits per heavy atom. The fraction of sp³-hybridized carbons (Fsp3) is 0.263. The fourth-order valence-corrected chi connectivity index (χ4v) is 3.63. The van der Waals surface area contributed by atoms with Crippen molar-refractivity contribution in [2.24, 2.45) is 5.84 Å². The topological polar surface area (TPSA) is 45.0 Å². The number of H-pyrrole nitrogens is 1. The van der Waals surface area contributed by atoms with Crippen molar-refractivity contribution in [2.45, 2.75) is 31.8 Å². The minimum atomic E-state index is 0.274. The zero-order valence-electron chi connectivity index (χ0n) is 12.6. The van der Waals surface area contributed by atoms with Gasteiger partial charge in [-0.15, -0.1) is 0 Å². The van der Waals surface area contributed by atoms with Gasteiger partial charge in [0, 0.05) is 23.1 Å². The molecule has 112 valence electrons. The molecule has 4 rings (SSSR count). The lowest BCUT2D eigenvalue weighted by molar-refractivity contribution is 0.170. The van der Waals surface area contributed by atoms with E-state index in [0.717, 1.165) is 19.4 Å². The Bertz CT molecular complexity index is 776. The normalized spacial score (nSPS) is 17.8. The number of nitrogens with two attached hydrogens (primary N) is 1. The molecule has 0 saturated heterocycles. The molecule has 0 amide bonds. The number of hydrogen-bond acceptors (Lipinski definition) is 2. The van der Waals surface area contributed by atoms with Gasteiger partial charge in [-0.25, -0.2) is 5.01 Å². The first-order valence-electron chi connectivity index (χ1n) is 7.97. The van der Waals surface area contributed by atoms with Gasteiger partial charge in [-0.2, -0.15) is 0 Å². The molecule has 0 saturated carbocycles. The lowest BCUT2D eigenvalue weighted by Gasteiger charge is -2.31. The minimum absolute atomic E-state index is 0.274. The van der Waals surface area contributed by atoms with Crippen LogP contribution in [-0.4, -0.2) is 9.99 Å². The van der Waals surface area contributed by atoms with Gasteiger partial charge in [0.15, 0.2) is 0 Å². The number of benzene rings is 2. The molecule has 1 heterocycles. The molecule has 0 bridgehead atoms. The maximum atomic E-state index is 6.43. The van der Waals surface area contributed by atoms with Gasteiger partial charge in [-0.1, -0.05) is 48.5 Å². The van der Waals surface area contributed by atoms with E-state index in [-0.39, 0.29) is 6.04 Å². The summed E-state index contributed by atoms with van der Waals surface area (Å²) >= 11 is 0. The van der Waals surface area contributed by atoms with E-state index in [1.54, 1.807) is 0 Å². The van der Waals surface area contributed by atoms with Crippen molar-refractivity contribution in [2.75, 3.05) is 0 Å². The van der Waals surface area contributed by atoms with E-state index < -0.39 is 0 Å². The summed E-state index contributed by atoms with van der Waals surface area (Å²) in [6.45, 7) is 0.778. The number of rotatable bonds is 3. The number of aromatic amines is 1. The molecule has 22 heavy (non-hydrogen) atoms. The number of fused-ring (bicyclic) bond motifs is 3. The quantitative estimate of drug-likeness (QED) is 0.567. The first-order chi connectivity index (χ1) is 10.8. The third-order valence-electron chi connectivity index (χ3n) is 4.69. The van der Waals surface area contributed by atoms with Crippen LogP contribution in [0.1, 0.15) is 35.7 Å². The number of hydrazine groups is 1. The van der Waals surface area contributed by atoms with Crippen LogP contribution in [0.15, 0.2) is 54.6 Å². The Labute approximate surface area is 130 Å².